The fourth-order valence-electron chi connectivity index (χ4n) is 1.93. The summed E-state index contributed by atoms with van der Waals surface area (Å²) < 4.78 is 0. The second-order valence-corrected chi connectivity index (χ2v) is 5.41. The van der Waals surface area contributed by atoms with E-state index in [4.69, 9.17) is 5.73 Å². The van der Waals surface area contributed by atoms with E-state index in [1.54, 1.807) is 0 Å². The molecule has 0 fully saturated rings. The Bertz CT molecular complexity index is 407. The molecule has 0 aliphatic heterocycles. The molecule has 1 unspecified atom stereocenters. The Kier molecular flexibility index (Phi) is 6.02. The van der Waals surface area contributed by atoms with Crippen molar-refractivity contribution in [2.75, 3.05) is 17.6 Å². The molecule has 0 aliphatic rings. The van der Waals surface area contributed by atoms with E-state index in [0.717, 1.165) is 36.5 Å². The Morgan fingerprint density at radius 2 is 2.00 bits per heavy atom. The van der Waals surface area contributed by atoms with E-state index in [2.05, 4.69) is 36.1 Å². The number of nitrogens with two attached hydrogens (primary N) is 1. The van der Waals surface area contributed by atoms with Gasteiger partial charge in [0.05, 0.1) is 6.10 Å². The molecule has 19 heavy (non-hydrogen) atoms. The smallest absolute Gasteiger partial charge is 0.134 e. The summed E-state index contributed by atoms with van der Waals surface area (Å²) in [6, 6.07) is 0. The van der Waals surface area contributed by atoms with Crippen molar-refractivity contribution in [1.82, 2.24) is 9.97 Å². The van der Waals surface area contributed by atoms with Gasteiger partial charge in [-0.15, -0.1) is 0 Å². The first-order valence-electron chi connectivity index (χ1n) is 6.98. The predicted molar refractivity (Wildman–Crippen MR) is 79.1 cm³/mol. The van der Waals surface area contributed by atoms with Gasteiger partial charge in [0.1, 0.15) is 17.5 Å². The van der Waals surface area contributed by atoms with Gasteiger partial charge in [-0.3, -0.25) is 0 Å². The third-order valence-corrected chi connectivity index (χ3v) is 2.95. The van der Waals surface area contributed by atoms with Crippen LogP contribution in [0.4, 0.5) is 11.6 Å². The average Bonchev–Trinajstić information content (AvgIpc) is 2.31. The van der Waals surface area contributed by atoms with Crippen LogP contribution in [0.25, 0.3) is 0 Å². The fraction of sp³-hybridized carbons (Fsp3) is 0.714. The Balaban J connectivity index is 2.71. The summed E-state index contributed by atoms with van der Waals surface area (Å²) in [5.74, 6) is 2.48. The second kappa shape index (κ2) is 7.28. The maximum absolute atomic E-state index is 9.88. The van der Waals surface area contributed by atoms with Crippen LogP contribution < -0.4 is 11.1 Å². The number of aromatic nitrogens is 2. The molecule has 0 aromatic carbocycles. The minimum atomic E-state index is -0.370. The number of nitrogens with zero attached hydrogens (tertiary/aromatic N) is 2. The molecule has 0 amide bonds. The molecule has 0 aliphatic carbocycles. The molecule has 1 atom stereocenters. The molecule has 4 N–H and O–H groups in total. The summed E-state index contributed by atoms with van der Waals surface area (Å²) in [6.07, 6.45) is 2.20. The van der Waals surface area contributed by atoms with Crippen LogP contribution in [0.3, 0.4) is 0 Å². The van der Waals surface area contributed by atoms with Gasteiger partial charge in [-0.1, -0.05) is 20.8 Å². The van der Waals surface area contributed by atoms with Crippen molar-refractivity contribution in [2.24, 2.45) is 5.92 Å². The molecule has 1 heterocycles. The lowest BCUT2D eigenvalue weighted by Gasteiger charge is -2.16. The highest BCUT2D eigenvalue weighted by molar-refractivity contribution is 5.54. The van der Waals surface area contributed by atoms with E-state index in [0.29, 0.717) is 18.3 Å². The SMILES string of the molecule is CCCc1nc(N)c(C)c(NCC(O)CC(C)C)n1. The van der Waals surface area contributed by atoms with Crippen LogP contribution in [-0.2, 0) is 6.42 Å². The Hall–Kier alpha value is -1.36. The summed E-state index contributed by atoms with van der Waals surface area (Å²) in [7, 11) is 0. The summed E-state index contributed by atoms with van der Waals surface area (Å²) >= 11 is 0. The number of aryl methyl sites for hydroxylation is 1. The van der Waals surface area contributed by atoms with Gasteiger partial charge in [0.25, 0.3) is 0 Å². The minimum absolute atomic E-state index is 0.370. The lowest BCUT2D eigenvalue weighted by Crippen LogP contribution is -2.22. The second-order valence-electron chi connectivity index (χ2n) is 5.41. The maximum Gasteiger partial charge on any atom is 0.134 e. The van der Waals surface area contributed by atoms with Gasteiger partial charge in [-0.25, -0.2) is 9.97 Å². The summed E-state index contributed by atoms with van der Waals surface area (Å²) in [4.78, 5) is 8.72. The van der Waals surface area contributed by atoms with Crippen LogP contribution in [0.2, 0.25) is 0 Å². The first kappa shape index (κ1) is 15.7. The predicted octanol–water partition coefficient (Wildman–Crippen LogP) is 2.14. The highest BCUT2D eigenvalue weighted by Gasteiger charge is 2.11. The molecular formula is C14H26N4O. The van der Waals surface area contributed by atoms with E-state index < -0.39 is 0 Å². The van der Waals surface area contributed by atoms with Crippen molar-refractivity contribution >= 4 is 11.6 Å². The molecule has 0 saturated heterocycles. The fourth-order valence-corrected chi connectivity index (χ4v) is 1.93. The molecular weight excluding hydrogens is 240 g/mol. The van der Waals surface area contributed by atoms with Gasteiger partial charge in [-0.05, 0) is 25.7 Å². The number of aliphatic hydroxyl groups is 1. The monoisotopic (exact) mass is 266 g/mol. The molecule has 0 saturated carbocycles. The van der Waals surface area contributed by atoms with Crippen molar-refractivity contribution in [3.63, 3.8) is 0 Å². The van der Waals surface area contributed by atoms with E-state index in [-0.39, 0.29) is 6.10 Å². The third-order valence-electron chi connectivity index (χ3n) is 2.95. The van der Waals surface area contributed by atoms with Gasteiger partial charge in [-0.2, -0.15) is 0 Å². The number of aliphatic hydroxyl groups excluding tert-OH is 1. The standard InChI is InChI=1S/C14H26N4O/c1-5-6-12-17-13(15)10(4)14(18-12)16-8-11(19)7-9(2)3/h9,11,19H,5-8H2,1-4H3,(H3,15,16,17,18). The van der Waals surface area contributed by atoms with Gasteiger partial charge in [0.15, 0.2) is 0 Å². The molecule has 108 valence electrons. The molecule has 1 rings (SSSR count). The number of nitrogen functional groups attached to an aromatic ring is 1. The molecule has 5 heteroatoms. The topological polar surface area (TPSA) is 84.1 Å². The Morgan fingerprint density at radius 1 is 1.32 bits per heavy atom. The van der Waals surface area contributed by atoms with Gasteiger partial charge in [0, 0.05) is 18.5 Å². The van der Waals surface area contributed by atoms with Crippen LogP contribution in [-0.4, -0.2) is 27.7 Å². The Labute approximate surface area is 115 Å². The first-order valence-corrected chi connectivity index (χ1v) is 6.98. The summed E-state index contributed by atoms with van der Waals surface area (Å²) in [5.41, 5.74) is 6.73. The van der Waals surface area contributed by atoms with Gasteiger partial charge >= 0.3 is 0 Å². The normalized spacial score (nSPS) is 12.7. The van der Waals surface area contributed by atoms with E-state index in [1.165, 1.54) is 0 Å². The molecule has 0 radical (unpaired) electrons. The van der Waals surface area contributed by atoms with Crippen LogP contribution in [0.15, 0.2) is 0 Å². The van der Waals surface area contributed by atoms with Crippen LogP contribution >= 0.6 is 0 Å². The van der Waals surface area contributed by atoms with Crippen molar-refractivity contribution in [2.45, 2.75) is 53.1 Å². The quantitative estimate of drug-likeness (QED) is 0.704. The number of nitrogens with one attached hydrogen (secondary N) is 1. The molecule has 0 spiro atoms. The highest BCUT2D eigenvalue weighted by Crippen LogP contribution is 2.18. The van der Waals surface area contributed by atoms with Gasteiger partial charge in [0.2, 0.25) is 0 Å². The van der Waals surface area contributed by atoms with Crippen molar-refractivity contribution in [3.05, 3.63) is 11.4 Å². The molecule has 1 aromatic rings. The lowest BCUT2D eigenvalue weighted by molar-refractivity contribution is 0.161. The zero-order chi connectivity index (χ0) is 14.4. The number of hydrogen-bond acceptors (Lipinski definition) is 5. The maximum atomic E-state index is 9.88. The zero-order valence-corrected chi connectivity index (χ0v) is 12.4. The van der Waals surface area contributed by atoms with Crippen LogP contribution in [0.5, 0.6) is 0 Å². The lowest BCUT2D eigenvalue weighted by atomic mass is 10.1. The third kappa shape index (κ3) is 5.03. The van der Waals surface area contributed by atoms with E-state index in [9.17, 15) is 5.11 Å². The minimum Gasteiger partial charge on any atom is -0.391 e. The summed E-state index contributed by atoms with van der Waals surface area (Å²) in [5, 5.41) is 13.1. The molecule has 5 nitrogen and oxygen atoms in total. The van der Waals surface area contributed by atoms with Crippen molar-refractivity contribution in [1.29, 1.82) is 0 Å². The Morgan fingerprint density at radius 3 is 2.58 bits per heavy atom. The first-order chi connectivity index (χ1) is 8.93. The zero-order valence-electron chi connectivity index (χ0n) is 12.4. The van der Waals surface area contributed by atoms with Crippen molar-refractivity contribution in [3.8, 4) is 0 Å². The average molecular weight is 266 g/mol. The number of rotatable bonds is 7. The molecule has 0 bridgehead atoms. The molecule has 1 aromatic heterocycles. The van der Waals surface area contributed by atoms with E-state index in [1.807, 2.05) is 6.92 Å². The summed E-state index contributed by atoms with van der Waals surface area (Å²) in [6.45, 7) is 8.65. The van der Waals surface area contributed by atoms with Gasteiger partial charge < -0.3 is 16.2 Å². The van der Waals surface area contributed by atoms with Crippen LogP contribution in [0.1, 0.15) is 45.0 Å². The van der Waals surface area contributed by atoms with Crippen molar-refractivity contribution < 1.29 is 5.11 Å². The largest absolute Gasteiger partial charge is 0.391 e. The van der Waals surface area contributed by atoms with Crippen LogP contribution in [0, 0.1) is 12.8 Å². The number of hydrogen-bond donors (Lipinski definition) is 3. The number of anilines is 2. The van der Waals surface area contributed by atoms with E-state index >= 15 is 0 Å². The highest BCUT2D eigenvalue weighted by atomic mass is 16.3.